The van der Waals surface area contributed by atoms with E-state index in [2.05, 4.69) is 30.4 Å². The SMILES string of the molecule is CCC1CCC(C(C)Cc2ccc(C#Cc3ccc(OC(F)(F)F)c(F)c3)c(F)c2)CC1. The molecule has 0 heterocycles. The molecular formula is C26H27F5O. The Hall–Kier alpha value is -2.55. The summed E-state index contributed by atoms with van der Waals surface area (Å²) in [6.45, 7) is 4.47. The minimum Gasteiger partial charge on any atom is -0.403 e. The molecule has 2 aromatic carbocycles. The third-order valence-electron chi connectivity index (χ3n) is 6.36. The lowest BCUT2D eigenvalue weighted by Crippen LogP contribution is -2.21. The number of benzene rings is 2. The van der Waals surface area contributed by atoms with Gasteiger partial charge in [-0.15, -0.1) is 13.2 Å². The Morgan fingerprint density at radius 1 is 0.969 bits per heavy atom. The predicted octanol–water partition coefficient (Wildman–Crippen LogP) is 7.66. The fourth-order valence-electron chi connectivity index (χ4n) is 4.42. The minimum atomic E-state index is -4.98. The van der Waals surface area contributed by atoms with Gasteiger partial charge < -0.3 is 4.74 Å². The molecule has 1 aliphatic carbocycles. The Bertz CT molecular complexity index is 978. The van der Waals surface area contributed by atoms with Crippen molar-refractivity contribution in [3.8, 4) is 17.6 Å². The zero-order chi connectivity index (χ0) is 23.3. The maximum Gasteiger partial charge on any atom is 0.573 e. The van der Waals surface area contributed by atoms with Gasteiger partial charge in [-0.25, -0.2) is 8.78 Å². The average Bonchev–Trinajstić information content (AvgIpc) is 2.74. The van der Waals surface area contributed by atoms with Crippen LogP contribution in [0.15, 0.2) is 36.4 Å². The number of rotatable bonds is 5. The van der Waals surface area contributed by atoms with Gasteiger partial charge >= 0.3 is 6.36 Å². The molecule has 1 fully saturated rings. The zero-order valence-electron chi connectivity index (χ0n) is 18.2. The van der Waals surface area contributed by atoms with Crippen LogP contribution in [0.1, 0.15) is 62.6 Å². The average molecular weight is 450 g/mol. The molecule has 0 aromatic heterocycles. The summed E-state index contributed by atoms with van der Waals surface area (Å²) in [4.78, 5) is 0. The lowest BCUT2D eigenvalue weighted by molar-refractivity contribution is -0.275. The summed E-state index contributed by atoms with van der Waals surface area (Å²) in [5.41, 5.74) is 1.19. The van der Waals surface area contributed by atoms with Crippen LogP contribution in [0.25, 0.3) is 0 Å². The summed E-state index contributed by atoms with van der Waals surface area (Å²) in [7, 11) is 0. The molecular weight excluding hydrogens is 423 g/mol. The summed E-state index contributed by atoms with van der Waals surface area (Å²) in [6.07, 6.45) is 2.08. The lowest BCUT2D eigenvalue weighted by atomic mass is 9.74. The quantitative estimate of drug-likeness (QED) is 0.336. The third kappa shape index (κ3) is 6.72. The number of ether oxygens (including phenoxy) is 1. The smallest absolute Gasteiger partial charge is 0.403 e. The topological polar surface area (TPSA) is 9.23 Å². The van der Waals surface area contributed by atoms with Gasteiger partial charge in [0.2, 0.25) is 0 Å². The maximum absolute atomic E-state index is 14.6. The molecule has 1 nitrogen and oxygen atoms in total. The Morgan fingerprint density at radius 2 is 1.69 bits per heavy atom. The summed E-state index contributed by atoms with van der Waals surface area (Å²) >= 11 is 0. The van der Waals surface area contributed by atoms with E-state index in [-0.39, 0.29) is 11.1 Å². The molecule has 6 heteroatoms. The van der Waals surface area contributed by atoms with Gasteiger partial charge in [0, 0.05) is 5.56 Å². The molecule has 3 rings (SSSR count). The van der Waals surface area contributed by atoms with E-state index < -0.39 is 23.7 Å². The summed E-state index contributed by atoms with van der Waals surface area (Å²) < 4.78 is 68.6. The molecule has 0 saturated heterocycles. The second kappa shape index (κ2) is 10.4. The molecule has 1 atom stereocenters. The van der Waals surface area contributed by atoms with Crippen molar-refractivity contribution in [3.05, 3.63) is 64.7 Å². The first kappa shape index (κ1) is 24.1. The Labute approximate surface area is 186 Å². The van der Waals surface area contributed by atoms with Crippen molar-refractivity contribution in [1.82, 2.24) is 0 Å². The van der Waals surface area contributed by atoms with Crippen LogP contribution < -0.4 is 4.74 Å². The van der Waals surface area contributed by atoms with E-state index in [1.165, 1.54) is 44.2 Å². The van der Waals surface area contributed by atoms with Gasteiger partial charge in [-0.2, -0.15) is 0 Å². The second-order valence-corrected chi connectivity index (χ2v) is 8.63. The first-order valence-electron chi connectivity index (χ1n) is 11.0. The van der Waals surface area contributed by atoms with Gasteiger partial charge in [-0.05, 0) is 72.9 Å². The van der Waals surface area contributed by atoms with Crippen LogP contribution >= 0.6 is 0 Å². The van der Waals surface area contributed by atoms with E-state index in [0.29, 0.717) is 11.8 Å². The van der Waals surface area contributed by atoms with Crippen LogP contribution in [0.5, 0.6) is 5.75 Å². The number of hydrogen-bond acceptors (Lipinski definition) is 1. The van der Waals surface area contributed by atoms with Crippen molar-refractivity contribution in [2.24, 2.45) is 17.8 Å². The van der Waals surface area contributed by atoms with Crippen LogP contribution in [0.4, 0.5) is 22.0 Å². The van der Waals surface area contributed by atoms with Crippen molar-refractivity contribution in [1.29, 1.82) is 0 Å². The first-order chi connectivity index (χ1) is 15.1. The highest BCUT2D eigenvalue weighted by Crippen LogP contribution is 2.36. The van der Waals surface area contributed by atoms with Crippen LogP contribution in [0.2, 0.25) is 0 Å². The standard InChI is InChI=1S/C26H27F5O/c1-3-18-4-9-21(10-5-18)17(2)14-20-7-12-22(23(27)16-20)11-6-19-8-13-25(24(28)15-19)32-26(29,30)31/h7-8,12-13,15-18,21H,3-5,9-10,14H2,1-2H3. The molecule has 0 spiro atoms. The monoisotopic (exact) mass is 450 g/mol. The number of halogens is 5. The fraction of sp³-hybridized carbons (Fsp3) is 0.462. The highest BCUT2D eigenvalue weighted by molar-refractivity contribution is 5.46. The minimum absolute atomic E-state index is 0.122. The van der Waals surface area contributed by atoms with Gasteiger partial charge in [0.15, 0.2) is 11.6 Å². The molecule has 0 N–H and O–H groups in total. The van der Waals surface area contributed by atoms with Gasteiger partial charge in [-0.1, -0.05) is 51.0 Å². The highest BCUT2D eigenvalue weighted by Gasteiger charge is 2.32. The number of alkyl halides is 3. The molecule has 1 saturated carbocycles. The zero-order valence-corrected chi connectivity index (χ0v) is 18.2. The van der Waals surface area contributed by atoms with Crippen molar-refractivity contribution in [2.75, 3.05) is 0 Å². The Morgan fingerprint density at radius 3 is 2.28 bits per heavy atom. The Kier molecular flexibility index (Phi) is 7.82. The van der Waals surface area contributed by atoms with Crippen molar-refractivity contribution in [3.63, 3.8) is 0 Å². The van der Waals surface area contributed by atoms with Gasteiger partial charge in [0.05, 0.1) is 5.56 Å². The predicted molar refractivity (Wildman–Crippen MR) is 114 cm³/mol. The van der Waals surface area contributed by atoms with E-state index >= 15 is 0 Å². The van der Waals surface area contributed by atoms with Gasteiger partial charge in [0.25, 0.3) is 0 Å². The first-order valence-corrected chi connectivity index (χ1v) is 11.0. The summed E-state index contributed by atoms with van der Waals surface area (Å²) in [5, 5.41) is 0. The highest BCUT2D eigenvalue weighted by atomic mass is 19.4. The number of hydrogen-bond donors (Lipinski definition) is 0. The third-order valence-corrected chi connectivity index (χ3v) is 6.36. The Balaban J connectivity index is 1.64. The van der Waals surface area contributed by atoms with Gasteiger partial charge in [-0.3, -0.25) is 0 Å². The fourth-order valence-corrected chi connectivity index (χ4v) is 4.42. The molecule has 0 aliphatic heterocycles. The van der Waals surface area contributed by atoms with Crippen LogP contribution in [0.3, 0.4) is 0 Å². The second-order valence-electron chi connectivity index (χ2n) is 8.63. The van der Waals surface area contributed by atoms with E-state index in [1.807, 2.05) is 6.07 Å². The van der Waals surface area contributed by atoms with E-state index in [0.717, 1.165) is 30.0 Å². The van der Waals surface area contributed by atoms with Crippen molar-refractivity contribution in [2.45, 2.75) is 58.7 Å². The molecule has 32 heavy (non-hydrogen) atoms. The maximum atomic E-state index is 14.6. The van der Waals surface area contributed by atoms with Gasteiger partial charge in [0.1, 0.15) is 5.82 Å². The lowest BCUT2D eigenvalue weighted by Gasteiger charge is -2.32. The molecule has 0 radical (unpaired) electrons. The van der Waals surface area contributed by atoms with Crippen LogP contribution in [0, 0.1) is 41.2 Å². The molecule has 1 aliphatic rings. The van der Waals surface area contributed by atoms with Crippen LogP contribution in [-0.4, -0.2) is 6.36 Å². The normalized spacial score (nSPS) is 19.7. The van der Waals surface area contributed by atoms with E-state index in [9.17, 15) is 22.0 Å². The molecule has 1 unspecified atom stereocenters. The molecule has 0 amide bonds. The van der Waals surface area contributed by atoms with E-state index in [4.69, 9.17) is 0 Å². The van der Waals surface area contributed by atoms with E-state index in [1.54, 1.807) is 6.07 Å². The molecule has 0 bridgehead atoms. The van der Waals surface area contributed by atoms with Crippen molar-refractivity contribution >= 4 is 0 Å². The van der Waals surface area contributed by atoms with Crippen molar-refractivity contribution < 1.29 is 26.7 Å². The van der Waals surface area contributed by atoms with Crippen LogP contribution in [-0.2, 0) is 6.42 Å². The summed E-state index contributed by atoms with van der Waals surface area (Å²) in [6, 6.07) is 7.80. The molecule has 172 valence electrons. The summed E-state index contributed by atoms with van der Waals surface area (Å²) in [5.74, 6) is 4.61. The largest absolute Gasteiger partial charge is 0.573 e. The molecule has 2 aromatic rings.